The molecule has 6 nitrogen and oxygen atoms in total. The first-order chi connectivity index (χ1) is 8.02. The lowest BCUT2D eigenvalue weighted by molar-refractivity contribution is 0.0949. The topological polar surface area (TPSA) is 108 Å². The minimum absolute atomic E-state index is 0.323. The van der Waals surface area contributed by atoms with Gasteiger partial charge in [0.05, 0.1) is 4.47 Å². The molecule has 0 radical (unpaired) electrons. The summed E-state index contributed by atoms with van der Waals surface area (Å²) in [4.78, 5) is 25.5. The van der Waals surface area contributed by atoms with Crippen molar-refractivity contribution in [3.8, 4) is 5.75 Å². The number of nitrogens with one attached hydrogen (secondary N) is 2. The normalized spacial score (nSPS) is 10.3. The molecule has 0 bridgehead atoms. The third-order valence-electron chi connectivity index (χ3n) is 2.34. The number of H-pyrrole nitrogens is 1. The van der Waals surface area contributed by atoms with Gasteiger partial charge < -0.3 is 10.1 Å². The molecule has 1 amide bonds. The van der Waals surface area contributed by atoms with Gasteiger partial charge in [-0.15, -0.1) is 0 Å². The molecule has 0 unspecified atom stereocenters. The molecule has 0 atom stereocenters. The second kappa shape index (κ2) is 5.83. The molecule has 0 saturated heterocycles. The number of carbonyl (C=O) groups excluding carboxylic acids is 1. The summed E-state index contributed by atoms with van der Waals surface area (Å²) in [6.07, 6.45) is 2.45. The van der Waals surface area contributed by atoms with Gasteiger partial charge in [-0.1, -0.05) is 13.3 Å². The van der Waals surface area contributed by atoms with Crippen LogP contribution in [0.5, 0.6) is 5.75 Å². The van der Waals surface area contributed by atoms with Crippen molar-refractivity contribution in [3.05, 3.63) is 26.1 Å². The maximum atomic E-state index is 11.6. The van der Waals surface area contributed by atoms with Crippen molar-refractivity contribution >= 4 is 21.8 Å². The number of aryl methyl sites for hydroxylation is 1. The molecular weight excluding hydrogens is 290 g/mol. The van der Waals surface area contributed by atoms with E-state index in [1.165, 1.54) is 0 Å². The van der Waals surface area contributed by atoms with Gasteiger partial charge in [-0.25, -0.2) is 5.84 Å². The van der Waals surface area contributed by atoms with Crippen LogP contribution in [0.25, 0.3) is 0 Å². The van der Waals surface area contributed by atoms with Crippen molar-refractivity contribution in [2.24, 2.45) is 5.84 Å². The fourth-order valence-corrected chi connectivity index (χ4v) is 1.92. The van der Waals surface area contributed by atoms with Crippen molar-refractivity contribution in [1.29, 1.82) is 0 Å². The third kappa shape index (κ3) is 2.86. The lowest BCUT2D eigenvalue weighted by atomic mass is 10.1. The number of aromatic amines is 1. The number of aromatic hydroxyl groups is 1. The molecule has 1 aromatic heterocycles. The van der Waals surface area contributed by atoms with Crippen LogP contribution in [-0.2, 0) is 6.42 Å². The Balaban J connectivity index is 3.27. The number of amides is 1. The van der Waals surface area contributed by atoms with Gasteiger partial charge in [0.25, 0.3) is 11.5 Å². The lowest BCUT2D eigenvalue weighted by Gasteiger charge is -2.09. The summed E-state index contributed by atoms with van der Waals surface area (Å²) in [6, 6.07) is 0. The number of aromatic nitrogens is 1. The highest BCUT2D eigenvalue weighted by molar-refractivity contribution is 9.10. The first-order valence-corrected chi connectivity index (χ1v) is 5.96. The summed E-state index contributed by atoms with van der Waals surface area (Å²) >= 11 is 3.15. The molecule has 1 aromatic rings. The summed E-state index contributed by atoms with van der Waals surface area (Å²) in [7, 11) is 0. The molecule has 0 spiro atoms. The largest absolute Gasteiger partial charge is 0.506 e. The highest BCUT2D eigenvalue weighted by atomic mass is 79.9. The predicted octanol–water partition coefficient (Wildman–Crippen LogP) is 0.789. The highest BCUT2D eigenvalue weighted by Crippen LogP contribution is 2.28. The van der Waals surface area contributed by atoms with Gasteiger partial charge in [0.2, 0.25) is 0 Å². The van der Waals surface area contributed by atoms with Crippen molar-refractivity contribution < 1.29 is 9.90 Å². The number of hydrogen-bond acceptors (Lipinski definition) is 4. The third-order valence-corrected chi connectivity index (χ3v) is 3.19. The zero-order chi connectivity index (χ0) is 13.0. The molecular formula is C10H14BrN3O3. The molecule has 5 N–H and O–H groups in total. The molecule has 94 valence electrons. The second-order valence-corrected chi connectivity index (χ2v) is 4.34. The number of nitrogens with two attached hydrogens (primary N) is 1. The molecule has 1 rings (SSSR count). The van der Waals surface area contributed by atoms with E-state index < -0.39 is 11.5 Å². The van der Waals surface area contributed by atoms with Gasteiger partial charge in [0, 0.05) is 5.69 Å². The van der Waals surface area contributed by atoms with Gasteiger partial charge >= 0.3 is 0 Å². The molecule has 0 aromatic carbocycles. The molecule has 1 heterocycles. The van der Waals surface area contributed by atoms with Crippen molar-refractivity contribution in [1.82, 2.24) is 10.4 Å². The van der Waals surface area contributed by atoms with Crippen LogP contribution in [0.3, 0.4) is 0 Å². The number of halogens is 1. The Hall–Kier alpha value is -1.34. The SMILES string of the molecule is CCCCc1[nH]c(=O)c(C(=O)NN)c(O)c1Br. The van der Waals surface area contributed by atoms with Gasteiger partial charge in [0.1, 0.15) is 11.3 Å². The van der Waals surface area contributed by atoms with E-state index in [1.54, 1.807) is 0 Å². The second-order valence-electron chi connectivity index (χ2n) is 3.55. The molecule has 0 aliphatic heterocycles. The van der Waals surface area contributed by atoms with Crippen molar-refractivity contribution in [2.45, 2.75) is 26.2 Å². The summed E-state index contributed by atoms with van der Waals surface area (Å²) in [6.45, 7) is 2.02. The minimum Gasteiger partial charge on any atom is -0.506 e. The standard InChI is InChI=1S/C10H14BrN3O3/c1-2-3-4-5-7(11)8(15)6(9(16)13-5)10(17)14-12/h2-4,12H2,1H3,(H,14,17)(H2,13,15,16). The first kappa shape index (κ1) is 13.7. The fraction of sp³-hybridized carbons (Fsp3) is 0.400. The number of hydrogen-bond donors (Lipinski definition) is 4. The Kier molecular flexibility index (Phi) is 4.71. The smallest absolute Gasteiger partial charge is 0.274 e. The average Bonchev–Trinajstić information content (AvgIpc) is 2.31. The Labute approximate surface area is 106 Å². The molecule has 0 fully saturated rings. The van der Waals surface area contributed by atoms with Crippen LogP contribution >= 0.6 is 15.9 Å². The monoisotopic (exact) mass is 303 g/mol. The van der Waals surface area contributed by atoms with Crippen LogP contribution in [0.15, 0.2) is 9.27 Å². The fourth-order valence-electron chi connectivity index (χ4n) is 1.42. The molecule has 0 aliphatic carbocycles. The lowest BCUT2D eigenvalue weighted by Crippen LogP contribution is -2.34. The summed E-state index contributed by atoms with van der Waals surface area (Å²) in [5.74, 6) is 3.72. The van der Waals surface area contributed by atoms with E-state index in [0.29, 0.717) is 16.6 Å². The number of carbonyl (C=O) groups is 1. The maximum absolute atomic E-state index is 11.6. The highest BCUT2D eigenvalue weighted by Gasteiger charge is 2.20. The number of hydrazine groups is 1. The zero-order valence-electron chi connectivity index (χ0n) is 9.34. The van der Waals surface area contributed by atoms with E-state index in [9.17, 15) is 14.7 Å². The van der Waals surface area contributed by atoms with E-state index in [-0.39, 0.29) is 11.3 Å². The van der Waals surface area contributed by atoms with E-state index in [2.05, 4.69) is 20.9 Å². The Morgan fingerprint density at radius 3 is 2.76 bits per heavy atom. The summed E-state index contributed by atoms with van der Waals surface area (Å²) in [5.41, 5.74) is 1.34. The Bertz CT molecular complexity index is 484. The zero-order valence-corrected chi connectivity index (χ0v) is 10.9. The van der Waals surface area contributed by atoms with Crippen LogP contribution in [0, 0.1) is 0 Å². The number of pyridine rings is 1. The minimum atomic E-state index is -0.827. The van der Waals surface area contributed by atoms with E-state index in [4.69, 9.17) is 5.84 Å². The maximum Gasteiger partial charge on any atom is 0.274 e. The summed E-state index contributed by atoms with van der Waals surface area (Å²) in [5, 5.41) is 9.78. The number of rotatable bonds is 4. The van der Waals surface area contributed by atoms with Crippen molar-refractivity contribution in [3.63, 3.8) is 0 Å². The van der Waals surface area contributed by atoms with Crippen LogP contribution in [-0.4, -0.2) is 16.0 Å². The van der Waals surface area contributed by atoms with Gasteiger partial charge in [0.15, 0.2) is 0 Å². The van der Waals surface area contributed by atoms with Crippen molar-refractivity contribution in [2.75, 3.05) is 0 Å². The van der Waals surface area contributed by atoms with E-state index in [0.717, 1.165) is 12.8 Å². The number of nitrogen functional groups attached to an aromatic ring is 1. The van der Waals surface area contributed by atoms with Gasteiger partial charge in [-0.2, -0.15) is 0 Å². The van der Waals surface area contributed by atoms with Gasteiger partial charge in [-0.3, -0.25) is 15.0 Å². The van der Waals surface area contributed by atoms with E-state index >= 15 is 0 Å². The van der Waals surface area contributed by atoms with Gasteiger partial charge in [-0.05, 0) is 28.8 Å². The molecule has 7 heteroatoms. The van der Waals surface area contributed by atoms with Crippen LogP contribution in [0.4, 0.5) is 0 Å². The number of unbranched alkanes of at least 4 members (excludes halogenated alkanes) is 1. The van der Waals surface area contributed by atoms with Crippen LogP contribution < -0.4 is 16.8 Å². The van der Waals surface area contributed by atoms with Crippen LogP contribution in [0.1, 0.15) is 35.8 Å². The Morgan fingerprint density at radius 2 is 2.24 bits per heavy atom. The molecule has 17 heavy (non-hydrogen) atoms. The van der Waals surface area contributed by atoms with Crippen LogP contribution in [0.2, 0.25) is 0 Å². The summed E-state index contributed by atoms with van der Waals surface area (Å²) < 4.78 is 0.323. The quantitative estimate of drug-likeness (QED) is 0.374. The average molecular weight is 304 g/mol. The predicted molar refractivity (Wildman–Crippen MR) is 66.7 cm³/mol. The molecule has 0 aliphatic rings. The van der Waals surface area contributed by atoms with E-state index in [1.807, 2.05) is 12.3 Å². The molecule has 0 saturated carbocycles. The Morgan fingerprint density at radius 1 is 1.59 bits per heavy atom. The first-order valence-electron chi connectivity index (χ1n) is 5.17.